The predicted molar refractivity (Wildman–Crippen MR) is 90.2 cm³/mol. The van der Waals surface area contributed by atoms with Gasteiger partial charge >= 0.3 is 0 Å². The molecule has 4 heteroatoms. The molecule has 0 spiro atoms. The molecule has 2 unspecified atom stereocenters. The highest BCUT2D eigenvalue weighted by Gasteiger charge is 2.37. The average Bonchev–Trinajstić information content (AvgIpc) is 3.05. The average molecular weight is 308 g/mol. The lowest BCUT2D eigenvalue weighted by Gasteiger charge is -2.26. The summed E-state index contributed by atoms with van der Waals surface area (Å²) in [5.41, 5.74) is 8.33. The number of hydrazone groups is 1. The Balaban J connectivity index is 1.65. The van der Waals surface area contributed by atoms with E-state index in [9.17, 15) is 0 Å². The van der Waals surface area contributed by atoms with E-state index in [1.54, 1.807) is 14.2 Å². The van der Waals surface area contributed by atoms with Crippen molar-refractivity contribution >= 4 is 5.71 Å². The van der Waals surface area contributed by atoms with Crippen molar-refractivity contribution in [3.8, 4) is 11.5 Å². The first-order valence-electron chi connectivity index (χ1n) is 7.94. The van der Waals surface area contributed by atoms with Crippen molar-refractivity contribution in [3.05, 3.63) is 59.2 Å². The lowest BCUT2D eigenvalue weighted by Crippen LogP contribution is -2.26. The molecule has 0 bridgehead atoms. The van der Waals surface area contributed by atoms with Crippen LogP contribution in [0.25, 0.3) is 0 Å². The van der Waals surface area contributed by atoms with Crippen LogP contribution in [0.4, 0.5) is 0 Å². The number of fused-ring (bicyclic) bond motifs is 3. The van der Waals surface area contributed by atoms with E-state index in [0.717, 1.165) is 30.1 Å². The van der Waals surface area contributed by atoms with E-state index in [-0.39, 0.29) is 6.04 Å². The fraction of sp³-hybridized carbons (Fsp3) is 0.316. The number of aryl methyl sites for hydroxylation is 1. The van der Waals surface area contributed by atoms with Gasteiger partial charge in [0, 0.05) is 11.5 Å². The van der Waals surface area contributed by atoms with Gasteiger partial charge in [0.05, 0.1) is 26.0 Å². The van der Waals surface area contributed by atoms with E-state index in [4.69, 9.17) is 9.47 Å². The zero-order valence-electron chi connectivity index (χ0n) is 13.4. The first-order valence-corrected chi connectivity index (χ1v) is 7.94. The quantitative estimate of drug-likeness (QED) is 0.946. The number of ether oxygens (including phenoxy) is 2. The Labute approximate surface area is 136 Å². The maximum atomic E-state index is 5.38. The maximum absolute atomic E-state index is 5.38. The van der Waals surface area contributed by atoms with Crippen LogP contribution in [0.15, 0.2) is 47.6 Å². The first kappa shape index (κ1) is 14.1. The minimum atomic E-state index is 0.232. The Kier molecular flexibility index (Phi) is 3.45. The van der Waals surface area contributed by atoms with E-state index in [1.807, 2.05) is 18.2 Å². The molecule has 2 aromatic carbocycles. The highest BCUT2D eigenvalue weighted by Crippen LogP contribution is 2.39. The van der Waals surface area contributed by atoms with Crippen LogP contribution >= 0.6 is 0 Å². The van der Waals surface area contributed by atoms with Gasteiger partial charge < -0.3 is 14.9 Å². The van der Waals surface area contributed by atoms with Crippen LogP contribution in [0.3, 0.4) is 0 Å². The maximum Gasteiger partial charge on any atom is 0.119 e. The summed E-state index contributed by atoms with van der Waals surface area (Å²) in [6.45, 7) is 0. The number of rotatable bonds is 3. The SMILES string of the molecule is COc1ccc(C2NN=C3c4cc(OC)ccc4CCC32)cc1. The monoisotopic (exact) mass is 308 g/mol. The third kappa shape index (κ3) is 2.34. The van der Waals surface area contributed by atoms with E-state index in [0.29, 0.717) is 5.92 Å². The van der Waals surface area contributed by atoms with Crippen molar-refractivity contribution in [3.63, 3.8) is 0 Å². The van der Waals surface area contributed by atoms with Crippen LogP contribution in [0, 0.1) is 5.92 Å². The second kappa shape index (κ2) is 5.61. The summed E-state index contributed by atoms with van der Waals surface area (Å²) in [5.74, 6) is 2.18. The second-order valence-electron chi connectivity index (χ2n) is 6.05. The summed E-state index contributed by atoms with van der Waals surface area (Å²) in [4.78, 5) is 0. The molecule has 23 heavy (non-hydrogen) atoms. The zero-order valence-corrected chi connectivity index (χ0v) is 13.4. The molecule has 1 heterocycles. The molecule has 0 saturated heterocycles. The van der Waals surface area contributed by atoms with Gasteiger partial charge in [-0.3, -0.25) is 0 Å². The van der Waals surface area contributed by atoms with Gasteiger partial charge in [-0.15, -0.1) is 0 Å². The number of hydrogen-bond donors (Lipinski definition) is 1. The van der Waals surface area contributed by atoms with Gasteiger partial charge in [-0.25, -0.2) is 0 Å². The molecule has 1 N–H and O–H groups in total. The van der Waals surface area contributed by atoms with Crippen LogP contribution in [-0.4, -0.2) is 19.9 Å². The fourth-order valence-electron chi connectivity index (χ4n) is 3.60. The summed E-state index contributed by atoms with van der Waals surface area (Å²) in [5, 5.41) is 4.65. The number of methoxy groups -OCH3 is 2. The van der Waals surface area contributed by atoms with Crippen molar-refractivity contribution in [1.29, 1.82) is 0 Å². The minimum Gasteiger partial charge on any atom is -0.497 e. The standard InChI is InChI=1S/C19H20N2O2/c1-22-14-7-4-13(5-8-14)18-16-10-6-12-3-9-15(23-2)11-17(12)19(16)21-20-18/h3-5,7-9,11,16,18,20H,6,10H2,1-2H3. The number of nitrogens with one attached hydrogen (secondary N) is 1. The zero-order chi connectivity index (χ0) is 15.8. The topological polar surface area (TPSA) is 42.8 Å². The Morgan fingerprint density at radius 3 is 2.48 bits per heavy atom. The van der Waals surface area contributed by atoms with Crippen molar-refractivity contribution < 1.29 is 9.47 Å². The molecule has 4 rings (SSSR count). The summed E-state index contributed by atoms with van der Waals surface area (Å²) < 4.78 is 10.6. The fourth-order valence-corrected chi connectivity index (χ4v) is 3.60. The molecule has 0 radical (unpaired) electrons. The largest absolute Gasteiger partial charge is 0.497 e. The third-order valence-electron chi connectivity index (χ3n) is 4.87. The van der Waals surface area contributed by atoms with E-state index in [2.05, 4.69) is 34.8 Å². The number of hydrogen-bond acceptors (Lipinski definition) is 4. The lowest BCUT2D eigenvalue weighted by molar-refractivity contribution is 0.412. The molecule has 4 nitrogen and oxygen atoms in total. The normalized spacial score (nSPS) is 21.7. The lowest BCUT2D eigenvalue weighted by atomic mass is 9.77. The van der Waals surface area contributed by atoms with Gasteiger partial charge in [-0.05, 0) is 48.2 Å². The Hall–Kier alpha value is -2.49. The van der Waals surface area contributed by atoms with Crippen LogP contribution < -0.4 is 14.9 Å². The Bertz CT molecular complexity index is 752. The predicted octanol–water partition coefficient (Wildman–Crippen LogP) is 3.31. The van der Waals surface area contributed by atoms with Gasteiger partial charge in [-0.2, -0.15) is 5.10 Å². The number of nitrogens with zero attached hydrogens (tertiary/aromatic N) is 1. The molecular formula is C19H20N2O2. The summed E-state index contributed by atoms with van der Waals surface area (Å²) >= 11 is 0. The van der Waals surface area contributed by atoms with E-state index < -0.39 is 0 Å². The molecule has 1 aliphatic heterocycles. The molecule has 2 atom stereocenters. The van der Waals surface area contributed by atoms with E-state index in [1.165, 1.54) is 16.7 Å². The van der Waals surface area contributed by atoms with Crippen LogP contribution in [-0.2, 0) is 6.42 Å². The molecule has 0 aromatic heterocycles. The molecule has 0 amide bonds. The third-order valence-corrected chi connectivity index (χ3v) is 4.87. The molecule has 2 aliphatic rings. The molecular weight excluding hydrogens is 288 g/mol. The molecule has 0 fully saturated rings. The van der Waals surface area contributed by atoms with Gasteiger partial charge in [0.1, 0.15) is 11.5 Å². The van der Waals surface area contributed by atoms with Gasteiger partial charge in [0.2, 0.25) is 0 Å². The minimum absolute atomic E-state index is 0.232. The van der Waals surface area contributed by atoms with Crippen molar-refractivity contribution in [1.82, 2.24) is 5.43 Å². The Morgan fingerprint density at radius 1 is 1.00 bits per heavy atom. The molecule has 118 valence electrons. The first-order chi connectivity index (χ1) is 11.3. The van der Waals surface area contributed by atoms with Crippen molar-refractivity contribution in [2.24, 2.45) is 11.0 Å². The molecule has 1 aliphatic carbocycles. The van der Waals surface area contributed by atoms with Gasteiger partial charge in [0.25, 0.3) is 0 Å². The summed E-state index contributed by atoms with van der Waals surface area (Å²) in [6, 6.07) is 14.8. The summed E-state index contributed by atoms with van der Waals surface area (Å²) in [7, 11) is 3.40. The summed E-state index contributed by atoms with van der Waals surface area (Å²) in [6.07, 6.45) is 2.19. The van der Waals surface area contributed by atoms with Gasteiger partial charge in [-0.1, -0.05) is 18.2 Å². The van der Waals surface area contributed by atoms with Crippen LogP contribution in [0.1, 0.15) is 29.2 Å². The number of benzene rings is 2. The highest BCUT2D eigenvalue weighted by molar-refractivity contribution is 6.06. The van der Waals surface area contributed by atoms with Gasteiger partial charge in [0.15, 0.2) is 0 Å². The van der Waals surface area contributed by atoms with Crippen molar-refractivity contribution in [2.75, 3.05) is 14.2 Å². The highest BCUT2D eigenvalue weighted by atomic mass is 16.5. The molecule has 2 aromatic rings. The van der Waals surface area contributed by atoms with Crippen molar-refractivity contribution in [2.45, 2.75) is 18.9 Å². The van der Waals surface area contributed by atoms with Crippen LogP contribution in [0.5, 0.6) is 11.5 Å². The van der Waals surface area contributed by atoms with Crippen LogP contribution in [0.2, 0.25) is 0 Å². The second-order valence-corrected chi connectivity index (χ2v) is 6.05. The smallest absolute Gasteiger partial charge is 0.119 e. The molecule has 0 saturated carbocycles. The van der Waals surface area contributed by atoms with E-state index >= 15 is 0 Å². The Morgan fingerprint density at radius 2 is 1.74 bits per heavy atom.